The van der Waals surface area contributed by atoms with E-state index in [-0.39, 0.29) is 24.8 Å². The minimum atomic E-state index is -0.310. The van der Waals surface area contributed by atoms with Crippen LogP contribution in [0.5, 0.6) is 0 Å². The van der Waals surface area contributed by atoms with Crippen LogP contribution in [0.1, 0.15) is 97.8 Å². The summed E-state index contributed by atoms with van der Waals surface area (Å²) >= 11 is 0. The zero-order valence-electron chi connectivity index (χ0n) is 16.1. The third kappa shape index (κ3) is 17.3. The Morgan fingerprint density at radius 2 is 1.17 bits per heavy atom. The molecule has 0 unspecified atom stereocenters. The molecular formula is C20H38O4. The van der Waals surface area contributed by atoms with Crippen LogP contribution in [0.2, 0.25) is 0 Å². The summed E-state index contributed by atoms with van der Waals surface area (Å²) in [6.45, 7) is 7.30. The first-order valence-corrected chi connectivity index (χ1v) is 9.87. The van der Waals surface area contributed by atoms with Crippen molar-refractivity contribution in [2.24, 2.45) is 5.92 Å². The molecule has 0 fully saturated rings. The van der Waals surface area contributed by atoms with E-state index in [4.69, 9.17) is 9.47 Å². The normalized spacial score (nSPS) is 10.8. The second-order valence-electron chi connectivity index (χ2n) is 6.95. The van der Waals surface area contributed by atoms with Gasteiger partial charge in [0.15, 0.2) is 0 Å². The lowest BCUT2D eigenvalue weighted by molar-refractivity contribution is -0.150. The molecule has 0 amide bonds. The van der Waals surface area contributed by atoms with Crippen molar-refractivity contribution in [1.82, 2.24) is 0 Å². The lowest BCUT2D eigenvalue weighted by atomic mass is 10.1. The van der Waals surface area contributed by atoms with Gasteiger partial charge in [0.05, 0.1) is 26.1 Å². The maximum atomic E-state index is 11.5. The molecule has 0 aliphatic carbocycles. The largest absolute Gasteiger partial charge is 0.466 e. The molecule has 0 heterocycles. The van der Waals surface area contributed by atoms with E-state index in [2.05, 4.69) is 20.8 Å². The van der Waals surface area contributed by atoms with Crippen LogP contribution in [0, 0.1) is 5.92 Å². The van der Waals surface area contributed by atoms with E-state index in [1.165, 1.54) is 44.9 Å². The Hall–Kier alpha value is -1.06. The number of hydrogen-bond donors (Lipinski definition) is 0. The van der Waals surface area contributed by atoms with Crippen LogP contribution in [0.3, 0.4) is 0 Å². The molecule has 0 aromatic rings. The first-order chi connectivity index (χ1) is 11.6. The predicted octanol–water partition coefficient (Wildman–Crippen LogP) is 5.43. The van der Waals surface area contributed by atoms with Crippen molar-refractivity contribution in [2.75, 3.05) is 13.2 Å². The maximum absolute atomic E-state index is 11.5. The minimum absolute atomic E-state index is 0.120. The van der Waals surface area contributed by atoms with Crippen molar-refractivity contribution < 1.29 is 19.1 Å². The third-order valence-electron chi connectivity index (χ3n) is 4.00. The van der Waals surface area contributed by atoms with E-state index in [0.717, 1.165) is 19.3 Å². The molecule has 0 aliphatic heterocycles. The van der Waals surface area contributed by atoms with Gasteiger partial charge in [-0.15, -0.1) is 0 Å². The summed E-state index contributed by atoms with van der Waals surface area (Å²) in [4.78, 5) is 23.0. The van der Waals surface area contributed by atoms with Crippen molar-refractivity contribution >= 4 is 11.9 Å². The smallest absolute Gasteiger partial charge is 0.306 e. The minimum Gasteiger partial charge on any atom is -0.466 e. The van der Waals surface area contributed by atoms with Gasteiger partial charge in [-0.25, -0.2) is 0 Å². The summed E-state index contributed by atoms with van der Waals surface area (Å²) < 4.78 is 10.2. The van der Waals surface area contributed by atoms with E-state index in [1.807, 2.05) is 0 Å². The standard InChI is InChI=1S/C20H38O4/c1-4-5-6-7-8-9-10-11-12-16-23-19(21)13-14-20(22)24-17-15-18(2)3/h18H,4-17H2,1-3H3. The molecule has 0 aromatic heterocycles. The molecule has 142 valence electrons. The Morgan fingerprint density at radius 3 is 1.67 bits per heavy atom. The quantitative estimate of drug-likeness (QED) is 0.277. The first kappa shape index (κ1) is 22.9. The van der Waals surface area contributed by atoms with E-state index in [1.54, 1.807) is 0 Å². The molecule has 0 aliphatic rings. The molecule has 24 heavy (non-hydrogen) atoms. The van der Waals surface area contributed by atoms with Crippen LogP contribution >= 0.6 is 0 Å². The fraction of sp³-hybridized carbons (Fsp3) is 0.900. The molecule has 4 nitrogen and oxygen atoms in total. The van der Waals surface area contributed by atoms with Crippen LogP contribution in [0.25, 0.3) is 0 Å². The topological polar surface area (TPSA) is 52.6 Å². The number of hydrogen-bond acceptors (Lipinski definition) is 4. The summed E-state index contributed by atoms with van der Waals surface area (Å²) in [6.07, 6.45) is 12.3. The molecule has 0 radical (unpaired) electrons. The van der Waals surface area contributed by atoms with Crippen LogP contribution < -0.4 is 0 Å². The second kappa shape index (κ2) is 16.8. The van der Waals surface area contributed by atoms with Crippen LogP contribution in [-0.2, 0) is 19.1 Å². The van der Waals surface area contributed by atoms with E-state index < -0.39 is 0 Å². The first-order valence-electron chi connectivity index (χ1n) is 9.87. The zero-order chi connectivity index (χ0) is 18.0. The molecule has 0 spiro atoms. The van der Waals surface area contributed by atoms with Gasteiger partial charge >= 0.3 is 11.9 Å². The molecule has 0 rings (SSSR count). The van der Waals surface area contributed by atoms with Crippen molar-refractivity contribution in [2.45, 2.75) is 97.8 Å². The number of rotatable bonds is 16. The SMILES string of the molecule is CCCCCCCCCCCOC(=O)CCC(=O)OCCC(C)C. The highest BCUT2D eigenvalue weighted by atomic mass is 16.5. The number of esters is 2. The molecule has 0 bridgehead atoms. The van der Waals surface area contributed by atoms with Gasteiger partial charge in [-0.2, -0.15) is 0 Å². The van der Waals surface area contributed by atoms with Gasteiger partial charge in [-0.1, -0.05) is 72.1 Å². The number of carbonyl (C=O) groups excluding carboxylic acids is 2. The molecule has 0 N–H and O–H groups in total. The second-order valence-corrected chi connectivity index (χ2v) is 6.95. The predicted molar refractivity (Wildman–Crippen MR) is 97.8 cm³/mol. The molecule has 0 aromatic carbocycles. The fourth-order valence-electron chi connectivity index (χ4n) is 2.36. The van der Waals surface area contributed by atoms with Gasteiger partial charge < -0.3 is 9.47 Å². The van der Waals surface area contributed by atoms with Crippen molar-refractivity contribution in [3.05, 3.63) is 0 Å². The Balaban J connectivity index is 3.33. The van der Waals surface area contributed by atoms with Crippen LogP contribution in [0.4, 0.5) is 0 Å². The van der Waals surface area contributed by atoms with E-state index in [9.17, 15) is 9.59 Å². The monoisotopic (exact) mass is 342 g/mol. The maximum Gasteiger partial charge on any atom is 0.306 e. The van der Waals surface area contributed by atoms with Gasteiger partial charge in [-0.05, 0) is 18.8 Å². The summed E-state index contributed by atoms with van der Waals surface area (Å²) in [5.74, 6) is -0.0924. The van der Waals surface area contributed by atoms with E-state index in [0.29, 0.717) is 19.1 Å². The molecule has 0 saturated carbocycles. The molecular weight excluding hydrogens is 304 g/mol. The Morgan fingerprint density at radius 1 is 0.708 bits per heavy atom. The van der Waals surface area contributed by atoms with E-state index >= 15 is 0 Å². The number of unbranched alkanes of at least 4 members (excludes halogenated alkanes) is 8. The highest BCUT2D eigenvalue weighted by Crippen LogP contribution is 2.09. The number of ether oxygens (including phenoxy) is 2. The third-order valence-corrected chi connectivity index (χ3v) is 4.00. The molecule has 4 heteroatoms. The Bertz CT molecular complexity index is 313. The van der Waals surface area contributed by atoms with Crippen molar-refractivity contribution in [3.8, 4) is 0 Å². The average molecular weight is 343 g/mol. The fourth-order valence-corrected chi connectivity index (χ4v) is 2.36. The summed E-state index contributed by atoms with van der Waals surface area (Å²) in [6, 6.07) is 0. The highest BCUT2D eigenvalue weighted by molar-refractivity contribution is 5.77. The van der Waals surface area contributed by atoms with Crippen molar-refractivity contribution in [1.29, 1.82) is 0 Å². The molecule has 0 atom stereocenters. The van der Waals surface area contributed by atoms with Gasteiger partial charge in [0.2, 0.25) is 0 Å². The summed E-state index contributed by atoms with van der Waals surface area (Å²) in [5, 5.41) is 0. The summed E-state index contributed by atoms with van der Waals surface area (Å²) in [5.41, 5.74) is 0. The Kier molecular flexibility index (Phi) is 16.0. The lowest BCUT2D eigenvalue weighted by Gasteiger charge is -2.07. The van der Waals surface area contributed by atoms with Crippen LogP contribution in [0.15, 0.2) is 0 Å². The highest BCUT2D eigenvalue weighted by Gasteiger charge is 2.09. The van der Waals surface area contributed by atoms with Gasteiger partial charge in [-0.3, -0.25) is 9.59 Å². The average Bonchev–Trinajstić information content (AvgIpc) is 2.54. The molecule has 0 saturated heterocycles. The number of carbonyl (C=O) groups is 2. The zero-order valence-corrected chi connectivity index (χ0v) is 16.1. The van der Waals surface area contributed by atoms with Gasteiger partial charge in [0.1, 0.15) is 0 Å². The van der Waals surface area contributed by atoms with Gasteiger partial charge in [0, 0.05) is 0 Å². The van der Waals surface area contributed by atoms with Gasteiger partial charge in [0.25, 0.3) is 0 Å². The summed E-state index contributed by atoms with van der Waals surface area (Å²) in [7, 11) is 0. The lowest BCUT2D eigenvalue weighted by Crippen LogP contribution is -2.12. The van der Waals surface area contributed by atoms with Crippen molar-refractivity contribution in [3.63, 3.8) is 0 Å². The Labute approximate surface area is 148 Å². The van der Waals surface area contributed by atoms with Crippen LogP contribution in [-0.4, -0.2) is 25.2 Å².